The van der Waals surface area contributed by atoms with Gasteiger partial charge in [-0.05, 0) is 69.7 Å². The van der Waals surface area contributed by atoms with Crippen LogP contribution >= 0.6 is 0 Å². The minimum absolute atomic E-state index is 0.126. The van der Waals surface area contributed by atoms with Crippen LogP contribution in [-0.2, 0) is 5.41 Å². The highest BCUT2D eigenvalue weighted by Gasteiger charge is 2.35. The van der Waals surface area contributed by atoms with Crippen molar-refractivity contribution in [3.8, 4) is 45.5 Å². The Morgan fingerprint density at radius 1 is 0.453 bits per heavy atom. The van der Waals surface area contributed by atoms with Crippen LogP contribution in [0.5, 0.6) is 0 Å². The maximum atomic E-state index is 9.19. The van der Waals surface area contributed by atoms with Gasteiger partial charge in [-0.2, -0.15) is 15.0 Å². The van der Waals surface area contributed by atoms with Crippen LogP contribution in [0.2, 0.25) is 0 Å². The summed E-state index contributed by atoms with van der Waals surface area (Å²) < 4.78 is 144. The quantitative estimate of drug-likeness (QED) is 0.184. The van der Waals surface area contributed by atoms with Crippen molar-refractivity contribution in [2.45, 2.75) is 19.3 Å². The number of rotatable bonds is 4. The van der Waals surface area contributed by atoms with Gasteiger partial charge in [0.05, 0.1) is 44.0 Å². The van der Waals surface area contributed by atoms with E-state index in [0.717, 1.165) is 37.0 Å². The van der Waals surface area contributed by atoms with Crippen molar-refractivity contribution in [3.05, 3.63) is 175 Å². The summed E-state index contributed by atoms with van der Waals surface area (Å²) in [6.45, 7) is 4.33. The molecule has 0 bridgehead atoms. The topological polar surface area (TPSA) is 48.5 Å². The zero-order valence-corrected chi connectivity index (χ0v) is 28.1. The Labute approximate surface area is 329 Å². The van der Waals surface area contributed by atoms with E-state index in [9.17, 15) is 5.48 Å². The van der Waals surface area contributed by atoms with E-state index in [1.165, 1.54) is 5.56 Å². The lowest BCUT2D eigenvalue weighted by molar-refractivity contribution is 0.660. The smallest absolute Gasteiger partial charge is 0.240 e. The summed E-state index contributed by atoms with van der Waals surface area (Å²) in [5, 5.41) is -1.02. The molecule has 0 unspecified atom stereocenters. The van der Waals surface area contributed by atoms with Gasteiger partial charge in [-0.3, -0.25) is 9.13 Å². The van der Waals surface area contributed by atoms with Crippen molar-refractivity contribution in [2.75, 3.05) is 0 Å². The highest BCUT2D eigenvalue weighted by atomic mass is 15.3. The Kier molecular flexibility index (Phi) is 3.78. The number of benzene rings is 7. The van der Waals surface area contributed by atoms with E-state index in [2.05, 4.69) is 38.1 Å². The molecule has 10 aromatic rings. The summed E-state index contributed by atoms with van der Waals surface area (Å²) >= 11 is 0. The molecular formula is C48H33N5. The first-order valence-electron chi connectivity index (χ1n) is 24.8. The second kappa shape index (κ2) is 11.1. The minimum Gasteiger partial charge on any atom is -0.278 e. The van der Waals surface area contributed by atoms with Crippen LogP contribution in [0.4, 0.5) is 0 Å². The van der Waals surface area contributed by atoms with Gasteiger partial charge in [0.2, 0.25) is 11.9 Å². The average molecular weight is 696 g/mol. The van der Waals surface area contributed by atoms with Crippen LogP contribution in [0.1, 0.15) is 46.9 Å². The van der Waals surface area contributed by atoms with Gasteiger partial charge >= 0.3 is 0 Å². The van der Waals surface area contributed by atoms with Gasteiger partial charge in [-0.1, -0.05) is 141 Å². The molecule has 1 aliphatic rings. The second-order valence-corrected chi connectivity index (χ2v) is 13.3. The molecule has 5 nitrogen and oxygen atoms in total. The van der Waals surface area contributed by atoms with E-state index < -0.39 is 109 Å². The third kappa shape index (κ3) is 4.34. The van der Waals surface area contributed by atoms with Crippen LogP contribution < -0.4 is 0 Å². The van der Waals surface area contributed by atoms with E-state index >= 15 is 0 Å². The molecular weight excluding hydrogens is 647 g/mol. The Morgan fingerprint density at radius 3 is 1.49 bits per heavy atom. The Balaban J connectivity index is 1.28. The molecule has 3 heterocycles. The van der Waals surface area contributed by atoms with Gasteiger partial charge < -0.3 is 0 Å². The number of fused-ring (bicyclic) bond motifs is 9. The summed E-state index contributed by atoms with van der Waals surface area (Å²) in [5.74, 6) is -1.03. The first-order chi connectivity index (χ1) is 32.7. The number of hydrogen-bond donors (Lipinski definition) is 0. The molecule has 0 saturated heterocycles. The van der Waals surface area contributed by atoms with Gasteiger partial charge in [-0.15, -0.1) is 0 Å². The van der Waals surface area contributed by atoms with Gasteiger partial charge in [0.1, 0.15) is 0 Å². The van der Waals surface area contributed by atoms with Gasteiger partial charge in [0.25, 0.3) is 0 Å². The number of nitrogens with zero attached hydrogens (tertiary/aromatic N) is 5. The average Bonchev–Trinajstić information content (AvgIpc) is 3.98. The molecule has 0 fully saturated rings. The molecule has 1 aliphatic carbocycles. The van der Waals surface area contributed by atoms with E-state index in [1.54, 1.807) is 18.2 Å². The van der Waals surface area contributed by atoms with E-state index in [0.29, 0.717) is 5.56 Å². The summed E-state index contributed by atoms with van der Waals surface area (Å²) in [6.07, 6.45) is 0. The maximum absolute atomic E-state index is 9.19. The normalized spacial score (nSPS) is 17.5. The van der Waals surface area contributed by atoms with Crippen molar-refractivity contribution in [1.82, 2.24) is 24.1 Å². The molecule has 7 aromatic carbocycles. The molecule has 11 rings (SSSR count). The molecule has 53 heavy (non-hydrogen) atoms. The lowest BCUT2D eigenvalue weighted by Crippen LogP contribution is -2.14. The van der Waals surface area contributed by atoms with E-state index in [-0.39, 0.29) is 54.9 Å². The third-order valence-electron chi connectivity index (χ3n) is 10.1. The molecule has 3 aromatic heterocycles. The minimum atomic E-state index is -0.691. The molecule has 0 spiro atoms. The van der Waals surface area contributed by atoms with Crippen LogP contribution in [0.3, 0.4) is 0 Å². The summed E-state index contributed by atoms with van der Waals surface area (Å²) in [5.41, 5.74) is 4.88. The fourth-order valence-electron chi connectivity index (χ4n) is 7.65. The third-order valence-corrected chi connectivity index (χ3v) is 10.1. The van der Waals surface area contributed by atoms with E-state index in [1.807, 2.05) is 24.3 Å². The van der Waals surface area contributed by atoms with Crippen LogP contribution in [-0.4, -0.2) is 24.1 Å². The lowest BCUT2D eigenvalue weighted by atomic mass is 9.81. The Hall–Kier alpha value is -6.85. The molecule has 250 valence electrons. The molecule has 0 radical (unpaired) electrons. The molecule has 0 N–H and O–H groups in total. The zero-order valence-electron chi connectivity index (χ0n) is 44.1. The zero-order chi connectivity index (χ0) is 49.2. The van der Waals surface area contributed by atoms with Crippen molar-refractivity contribution < 1.29 is 21.9 Å². The van der Waals surface area contributed by atoms with E-state index in [4.69, 9.17) is 31.4 Å². The lowest BCUT2D eigenvalue weighted by Gasteiger charge is -2.22. The number of hydrogen-bond acceptors (Lipinski definition) is 3. The molecule has 0 saturated carbocycles. The maximum Gasteiger partial charge on any atom is 0.240 e. The highest BCUT2D eigenvalue weighted by molar-refractivity contribution is 6.10. The van der Waals surface area contributed by atoms with Crippen molar-refractivity contribution in [2.24, 2.45) is 0 Å². The predicted octanol–water partition coefficient (Wildman–Crippen LogP) is 11.7. The standard InChI is InChI=1S/C48H33N5/c1-48(2)39-21-8-3-16-33(39)34-27-26-31(29-40(34)48)30-14-13-15-32(28-30)45-49-46(52-41-22-9-4-17-35(41)36-18-5-10-23-42(36)52)51-47(50-45)53-43-24-11-6-19-37(43)38-20-7-12-25-44(38)53/h3-29H,1-2H3/i4D,5D,6D,7D,9D,10D,11D,12D,17D,18D,19D,20D,22D,23D,24D,25D. The number of para-hydroxylation sites is 4. The number of aromatic nitrogens is 5. The summed E-state index contributed by atoms with van der Waals surface area (Å²) in [4.78, 5) is 14.5. The Bertz CT molecular complexity index is 3690. The first kappa shape index (κ1) is 18.1. The van der Waals surface area contributed by atoms with Crippen LogP contribution in [0, 0.1) is 0 Å². The van der Waals surface area contributed by atoms with Crippen LogP contribution in [0.15, 0.2) is 163 Å². The molecule has 0 atom stereocenters. The fourth-order valence-corrected chi connectivity index (χ4v) is 7.65. The monoisotopic (exact) mass is 695 g/mol. The van der Waals surface area contributed by atoms with Crippen molar-refractivity contribution in [3.63, 3.8) is 0 Å². The molecule has 0 aliphatic heterocycles. The van der Waals surface area contributed by atoms with Gasteiger partial charge in [0, 0.05) is 32.5 Å². The predicted molar refractivity (Wildman–Crippen MR) is 217 cm³/mol. The first-order valence-corrected chi connectivity index (χ1v) is 16.8. The molecule has 0 amide bonds. The SMILES string of the molecule is [2H]c1c([2H])c([2H])c2c(c1[2H])c1c([2H])c([2H])c([2H])c([2H])c1n2-c1nc(-c2cccc(-c3ccc4c(c3)C(C)(C)c3ccccc3-4)c2)nc(-n2c3c([2H])c([2H])c([2H])c([2H])c3c3c([2H])c([2H])c([2H])c([2H])c32)n1. The van der Waals surface area contributed by atoms with Crippen molar-refractivity contribution >= 4 is 43.6 Å². The largest absolute Gasteiger partial charge is 0.278 e. The van der Waals surface area contributed by atoms with Gasteiger partial charge in [0.15, 0.2) is 5.82 Å². The van der Waals surface area contributed by atoms with Gasteiger partial charge in [-0.25, -0.2) is 0 Å². The fraction of sp³-hybridized carbons (Fsp3) is 0.0625. The second-order valence-electron chi connectivity index (χ2n) is 13.3. The Morgan fingerprint density at radius 2 is 0.925 bits per heavy atom. The molecule has 5 heteroatoms. The van der Waals surface area contributed by atoms with Crippen LogP contribution in [0.25, 0.3) is 89.2 Å². The van der Waals surface area contributed by atoms with Crippen molar-refractivity contribution in [1.29, 1.82) is 0 Å². The highest BCUT2D eigenvalue weighted by Crippen LogP contribution is 2.49. The summed E-state index contributed by atoms with van der Waals surface area (Å²) in [7, 11) is 0. The summed E-state index contributed by atoms with van der Waals surface area (Å²) in [6, 6.07) is 11.2.